The second-order valence-corrected chi connectivity index (χ2v) is 9.06. The first-order valence-corrected chi connectivity index (χ1v) is 11.6. The number of carbonyl (C=O) groups is 1. The van der Waals surface area contributed by atoms with Gasteiger partial charge in [-0.25, -0.2) is 19.2 Å². The number of amidine groups is 1. The Kier molecular flexibility index (Phi) is 6.52. The Balaban J connectivity index is 1.91. The molecule has 7 nitrogen and oxygen atoms in total. The number of nitrogens with zero attached hydrogens (tertiary/aromatic N) is 3. The Morgan fingerprint density at radius 1 is 1.42 bits per heavy atom. The van der Waals surface area contributed by atoms with Crippen LogP contribution >= 0.6 is 27.3 Å². The van der Waals surface area contributed by atoms with Crippen molar-refractivity contribution in [3.63, 3.8) is 0 Å². The Bertz CT molecular complexity index is 1040. The molecule has 31 heavy (non-hydrogen) atoms. The van der Waals surface area contributed by atoms with Gasteiger partial charge in [0, 0.05) is 41.4 Å². The smallest absolute Gasteiger partial charge is 0.336 e. The van der Waals surface area contributed by atoms with Crippen LogP contribution in [-0.4, -0.2) is 59.6 Å². The van der Waals surface area contributed by atoms with Crippen LogP contribution in [0.5, 0.6) is 0 Å². The van der Waals surface area contributed by atoms with Crippen LogP contribution < -0.4 is 5.32 Å². The van der Waals surface area contributed by atoms with Gasteiger partial charge in [0.1, 0.15) is 11.4 Å². The lowest BCUT2D eigenvalue weighted by atomic mass is 9.78. The van der Waals surface area contributed by atoms with Crippen molar-refractivity contribution < 1.29 is 19.0 Å². The first-order chi connectivity index (χ1) is 14.9. The Labute approximate surface area is 191 Å². The van der Waals surface area contributed by atoms with Crippen LogP contribution in [0, 0.1) is 5.82 Å². The largest absolute Gasteiger partial charge is 0.478 e. The van der Waals surface area contributed by atoms with Crippen molar-refractivity contribution in [1.82, 2.24) is 15.2 Å². The molecule has 1 saturated heterocycles. The van der Waals surface area contributed by atoms with E-state index in [-0.39, 0.29) is 5.57 Å². The number of rotatable bonds is 6. The topological polar surface area (TPSA) is 87.0 Å². The SMILES string of the molecule is CC[C@@]1(c2ccc(F)cc2Br)N=C(c2nccs2)NC(CN2CCOCC2)=C1C(=O)O. The zero-order chi connectivity index (χ0) is 22.0. The second-order valence-electron chi connectivity index (χ2n) is 7.31. The third kappa shape index (κ3) is 4.30. The first kappa shape index (κ1) is 22.1. The molecular formula is C21H22BrFN4O3S. The zero-order valence-electron chi connectivity index (χ0n) is 16.9. The number of aliphatic imine (C=N–C) groups is 1. The lowest BCUT2D eigenvalue weighted by Crippen LogP contribution is -2.47. The van der Waals surface area contributed by atoms with Crippen LogP contribution in [-0.2, 0) is 15.1 Å². The third-order valence-corrected chi connectivity index (χ3v) is 6.95. The number of carboxylic acid groups (broad SMARTS) is 1. The average Bonchev–Trinajstić information content (AvgIpc) is 3.28. The quantitative estimate of drug-likeness (QED) is 0.621. The molecular weight excluding hydrogens is 487 g/mol. The molecule has 0 spiro atoms. The first-order valence-electron chi connectivity index (χ1n) is 9.94. The predicted octanol–water partition coefficient (Wildman–Crippen LogP) is 3.37. The summed E-state index contributed by atoms with van der Waals surface area (Å²) >= 11 is 4.86. The molecule has 4 rings (SSSR count). The summed E-state index contributed by atoms with van der Waals surface area (Å²) in [6, 6.07) is 4.28. The number of morpholine rings is 1. The third-order valence-electron chi connectivity index (χ3n) is 5.51. The molecule has 0 radical (unpaired) electrons. The summed E-state index contributed by atoms with van der Waals surface area (Å²) in [4.78, 5) is 24.0. The number of hydrogen-bond donors (Lipinski definition) is 2. The standard InChI is InChI=1S/C21H22BrFN4O3S/c1-2-21(14-4-3-13(23)11-15(14)22)17(20(28)29)16(12-27-6-8-30-9-7-27)25-18(26-21)19-24-5-10-31-19/h3-5,10-11H,2,6-9,12H2,1H3,(H,25,26)(H,28,29)/t21-/m0/s1. The molecule has 3 heterocycles. The predicted molar refractivity (Wildman–Crippen MR) is 120 cm³/mol. The Hall–Kier alpha value is -2.14. The minimum Gasteiger partial charge on any atom is -0.478 e. The summed E-state index contributed by atoms with van der Waals surface area (Å²) in [5.74, 6) is -0.952. The summed E-state index contributed by atoms with van der Waals surface area (Å²) in [5.41, 5.74) is 0.123. The normalized spacial score (nSPS) is 22.2. The molecule has 1 fully saturated rings. The van der Waals surface area contributed by atoms with Crippen LogP contribution in [0.4, 0.5) is 4.39 Å². The van der Waals surface area contributed by atoms with E-state index in [1.54, 1.807) is 12.3 Å². The molecule has 0 bridgehead atoms. The van der Waals surface area contributed by atoms with Gasteiger partial charge in [0.25, 0.3) is 0 Å². The second kappa shape index (κ2) is 9.15. The molecule has 0 aliphatic carbocycles. The van der Waals surface area contributed by atoms with Gasteiger partial charge in [0.2, 0.25) is 0 Å². The van der Waals surface area contributed by atoms with Crippen molar-refractivity contribution in [3.05, 3.63) is 61.9 Å². The number of ether oxygens (including phenoxy) is 1. The number of benzene rings is 1. The molecule has 0 saturated carbocycles. The van der Waals surface area contributed by atoms with Gasteiger partial charge in [-0.1, -0.05) is 28.9 Å². The number of hydrogen-bond acceptors (Lipinski definition) is 7. The monoisotopic (exact) mass is 508 g/mol. The van der Waals surface area contributed by atoms with Crippen LogP contribution in [0.1, 0.15) is 23.9 Å². The van der Waals surface area contributed by atoms with Gasteiger partial charge in [-0.15, -0.1) is 11.3 Å². The van der Waals surface area contributed by atoms with E-state index in [1.807, 2.05) is 12.3 Å². The van der Waals surface area contributed by atoms with Crippen molar-refractivity contribution in [3.8, 4) is 0 Å². The van der Waals surface area contributed by atoms with Gasteiger partial charge in [0.15, 0.2) is 10.8 Å². The van der Waals surface area contributed by atoms with Crippen molar-refractivity contribution in [1.29, 1.82) is 0 Å². The molecule has 1 aromatic carbocycles. The molecule has 2 aliphatic heterocycles. The molecule has 2 aromatic rings. The van der Waals surface area contributed by atoms with Crippen molar-refractivity contribution >= 4 is 39.1 Å². The number of thiazole rings is 1. The zero-order valence-corrected chi connectivity index (χ0v) is 19.3. The van der Waals surface area contributed by atoms with Crippen LogP contribution in [0.15, 0.2) is 50.5 Å². The fraction of sp³-hybridized carbons (Fsp3) is 0.381. The van der Waals surface area contributed by atoms with E-state index >= 15 is 0 Å². The minimum absolute atomic E-state index is 0.161. The Morgan fingerprint density at radius 2 is 2.19 bits per heavy atom. The van der Waals surface area contributed by atoms with Gasteiger partial charge in [-0.05, 0) is 24.1 Å². The molecule has 1 aromatic heterocycles. The summed E-state index contributed by atoms with van der Waals surface area (Å²) in [7, 11) is 0. The highest BCUT2D eigenvalue weighted by molar-refractivity contribution is 9.10. The molecule has 0 unspecified atom stereocenters. The van der Waals surface area contributed by atoms with E-state index in [9.17, 15) is 14.3 Å². The molecule has 0 amide bonds. The molecule has 164 valence electrons. The van der Waals surface area contributed by atoms with E-state index in [0.29, 0.717) is 65.8 Å². The van der Waals surface area contributed by atoms with Crippen LogP contribution in [0.2, 0.25) is 0 Å². The molecule has 2 N–H and O–H groups in total. The number of aromatic nitrogens is 1. The van der Waals surface area contributed by atoms with Crippen molar-refractivity contribution in [2.75, 3.05) is 32.8 Å². The molecule has 1 atom stereocenters. The van der Waals surface area contributed by atoms with Crippen molar-refractivity contribution in [2.45, 2.75) is 18.9 Å². The lowest BCUT2D eigenvalue weighted by molar-refractivity contribution is -0.133. The number of aliphatic carboxylic acids is 1. The van der Waals surface area contributed by atoms with E-state index in [2.05, 4.69) is 31.1 Å². The number of halogens is 2. The molecule has 2 aliphatic rings. The highest BCUT2D eigenvalue weighted by atomic mass is 79.9. The van der Waals surface area contributed by atoms with Gasteiger partial charge < -0.3 is 15.2 Å². The average molecular weight is 509 g/mol. The fourth-order valence-corrected chi connectivity index (χ4v) is 5.30. The van der Waals surface area contributed by atoms with Gasteiger partial charge in [-0.2, -0.15) is 0 Å². The summed E-state index contributed by atoms with van der Waals surface area (Å²) in [6.07, 6.45) is 2.06. The number of nitrogens with one attached hydrogen (secondary N) is 1. The fourth-order valence-electron chi connectivity index (χ4n) is 4.04. The van der Waals surface area contributed by atoms with E-state index in [0.717, 1.165) is 0 Å². The minimum atomic E-state index is -1.20. The summed E-state index contributed by atoms with van der Waals surface area (Å²) < 4.78 is 19.8. The number of carboxylic acids is 1. The Morgan fingerprint density at radius 3 is 2.81 bits per heavy atom. The highest BCUT2D eigenvalue weighted by Crippen LogP contribution is 2.44. The maximum atomic E-state index is 13.9. The maximum absolute atomic E-state index is 13.9. The van der Waals surface area contributed by atoms with E-state index in [1.165, 1.54) is 23.5 Å². The summed E-state index contributed by atoms with van der Waals surface area (Å²) in [6.45, 7) is 4.93. The summed E-state index contributed by atoms with van der Waals surface area (Å²) in [5, 5.41) is 16.1. The van der Waals surface area contributed by atoms with E-state index in [4.69, 9.17) is 9.73 Å². The van der Waals surface area contributed by atoms with E-state index < -0.39 is 17.3 Å². The molecule has 10 heteroatoms. The van der Waals surface area contributed by atoms with Gasteiger partial charge >= 0.3 is 5.97 Å². The van der Waals surface area contributed by atoms with Gasteiger partial charge in [0.05, 0.1) is 18.8 Å². The highest BCUT2D eigenvalue weighted by Gasteiger charge is 2.45. The van der Waals surface area contributed by atoms with Gasteiger partial charge in [-0.3, -0.25) is 4.90 Å². The van der Waals surface area contributed by atoms with Crippen molar-refractivity contribution in [2.24, 2.45) is 4.99 Å². The van der Waals surface area contributed by atoms with Crippen LogP contribution in [0.25, 0.3) is 0 Å². The lowest BCUT2D eigenvalue weighted by Gasteiger charge is -2.38. The maximum Gasteiger partial charge on any atom is 0.336 e. The van der Waals surface area contributed by atoms with Crippen LogP contribution in [0.3, 0.4) is 0 Å².